The van der Waals surface area contributed by atoms with Crippen LogP contribution in [0.4, 0.5) is 5.69 Å². The van der Waals surface area contributed by atoms with Gasteiger partial charge < -0.3 is 10.6 Å². The van der Waals surface area contributed by atoms with Crippen LogP contribution in [0.2, 0.25) is 0 Å². The predicted molar refractivity (Wildman–Crippen MR) is 76.2 cm³/mol. The van der Waals surface area contributed by atoms with Crippen molar-refractivity contribution in [3.8, 4) is 0 Å². The maximum Gasteiger partial charge on any atom is 0.0373 e. The molecule has 3 rings (SSSR count). The first kappa shape index (κ1) is 12.0. The normalized spacial score (nSPS) is 21.4. The summed E-state index contributed by atoms with van der Waals surface area (Å²) in [5, 5.41) is 6.84. The van der Waals surface area contributed by atoms with E-state index < -0.39 is 0 Å². The number of hydrogen-bond donors (Lipinski definition) is 2. The molecule has 98 valence electrons. The lowest BCUT2D eigenvalue weighted by molar-refractivity contribution is 0.183. The molecule has 0 bridgehead atoms. The van der Waals surface area contributed by atoms with Gasteiger partial charge in [0.25, 0.3) is 0 Å². The molecule has 1 aromatic carbocycles. The Labute approximate surface area is 110 Å². The molecule has 0 aliphatic carbocycles. The van der Waals surface area contributed by atoms with Crippen molar-refractivity contribution in [1.29, 1.82) is 0 Å². The summed E-state index contributed by atoms with van der Waals surface area (Å²) in [4.78, 5) is 2.60. The number of rotatable bonds is 3. The molecule has 1 aromatic rings. The Morgan fingerprint density at radius 1 is 1.22 bits per heavy atom. The molecule has 2 aliphatic rings. The Balaban J connectivity index is 1.64. The molecule has 0 amide bonds. The van der Waals surface area contributed by atoms with Gasteiger partial charge in [0.15, 0.2) is 0 Å². The molecule has 0 spiro atoms. The van der Waals surface area contributed by atoms with Gasteiger partial charge in [-0.3, -0.25) is 4.90 Å². The summed E-state index contributed by atoms with van der Waals surface area (Å²) >= 11 is 0. The molecule has 18 heavy (non-hydrogen) atoms. The van der Waals surface area contributed by atoms with E-state index in [0.29, 0.717) is 6.04 Å². The smallest absolute Gasteiger partial charge is 0.0373 e. The number of anilines is 1. The second-order valence-corrected chi connectivity index (χ2v) is 5.51. The number of fused-ring (bicyclic) bond motifs is 1. The molecule has 1 saturated heterocycles. The Morgan fingerprint density at radius 2 is 2.06 bits per heavy atom. The van der Waals surface area contributed by atoms with Crippen molar-refractivity contribution in [2.24, 2.45) is 0 Å². The van der Waals surface area contributed by atoms with Gasteiger partial charge in [0.1, 0.15) is 0 Å². The van der Waals surface area contributed by atoms with Crippen LogP contribution in [-0.2, 0) is 12.8 Å². The molecule has 1 atom stereocenters. The SMILES string of the molecule is CC(Cc1ccc2c(c1)CCN2)N1CCNCC1. The second kappa shape index (κ2) is 5.29. The summed E-state index contributed by atoms with van der Waals surface area (Å²) in [5.74, 6) is 0. The summed E-state index contributed by atoms with van der Waals surface area (Å²) in [6.45, 7) is 8.11. The molecule has 0 saturated carbocycles. The first-order valence-corrected chi connectivity index (χ1v) is 7.13. The van der Waals surface area contributed by atoms with E-state index in [4.69, 9.17) is 0 Å². The average Bonchev–Trinajstić information content (AvgIpc) is 2.87. The minimum absolute atomic E-state index is 0.652. The van der Waals surface area contributed by atoms with Gasteiger partial charge in [0, 0.05) is 44.5 Å². The third kappa shape index (κ3) is 2.52. The topological polar surface area (TPSA) is 27.3 Å². The maximum absolute atomic E-state index is 3.43. The van der Waals surface area contributed by atoms with Crippen molar-refractivity contribution in [2.45, 2.75) is 25.8 Å². The fourth-order valence-corrected chi connectivity index (χ4v) is 3.08. The molecule has 2 heterocycles. The van der Waals surface area contributed by atoms with Crippen LogP contribution >= 0.6 is 0 Å². The van der Waals surface area contributed by atoms with Gasteiger partial charge in [0.05, 0.1) is 0 Å². The lowest BCUT2D eigenvalue weighted by atomic mass is 10.0. The molecule has 3 heteroatoms. The van der Waals surface area contributed by atoms with Gasteiger partial charge in [-0.2, -0.15) is 0 Å². The summed E-state index contributed by atoms with van der Waals surface area (Å²) in [6, 6.07) is 7.59. The fourth-order valence-electron chi connectivity index (χ4n) is 3.08. The Hall–Kier alpha value is -1.06. The van der Waals surface area contributed by atoms with E-state index in [0.717, 1.165) is 19.6 Å². The van der Waals surface area contributed by atoms with Crippen molar-refractivity contribution in [2.75, 3.05) is 38.0 Å². The molecule has 2 aliphatic heterocycles. The highest BCUT2D eigenvalue weighted by molar-refractivity contribution is 5.56. The minimum atomic E-state index is 0.652. The van der Waals surface area contributed by atoms with Crippen molar-refractivity contribution >= 4 is 5.69 Å². The predicted octanol–water partition coefficient (Wildman–Crippen LogP) is 1.49. The van der Waals surface area contributed by atoms with E-state index in [1.165, 1.54) is 42.7 Å². The van der Waals surface area contributed by atoms with Crippen LogP contribution in [-0.4, -0.2) is 43.7 Å². The van der Waals surface area contributed by atoms with Crippen molar-refractivity contribution in [3.05, 3.63) is 29.3 Å². The average molecular weight is 245 g/mol. The number of benzene rings is 1. The number of piperazine rings is 1. The first-order valence-electron chi connectivity index (χ1n) is 7.13. The standard InChI is InChI=1S/C15H23N3/c1-12(18-8-6-16-7-9-18)10-13-2-3-15-14(11-13)4-5-17-15/h2-3,11-12,16-17H,4-10H2,1H3. The van der Waals surface area contributed by atoms with Gasteiger partial charge in [0.2, 0.25) is 0 Å². The zero-order chi connectivity index (χ0) is 12.4. The lowest BCUT2D eigenvalue weighted by Crippen LogP contribution is -2.48. The summed E-state index contributed by atoms with van der Waals surface area (Å²) in [6.07, 6.45) is 2.36. The van der Waals surface area contributed by atoms with Crippen LogP contribution in [0.5, 0.6) is 0 Å². The highest BCUT2D eigenvalue weighted by atomic mass is 15.2. The third-order valence-corrected chi connectivity index (χ3v) is 4.19. The maximum atomic E-state index is 3.43. The molecule has 1 unspecified atom stereocenters. The monoisotopic (exact) mass is 245 g/mol. The first-order chi connectivity index (χ1) is 8.83. The van der Waals surface area contributed by atoms with Crippen LogP contribution in [0.1, 0.15) is 18.1 Å². The Kier molecular flexibility index (Phi) is 3.52. The number of hydrogen-bond acceptors (Lipinski definition) is 3. The van der Waals surface area contributed by atoms with Gasteiger partial charge in [-0.15, -0.1) is 0 Å². The van der Waals surface area contributed by atoms with Crippen molar-refractivity contribution in [3.63, 3.8) is 0 Å². The van der Waals surface area contributed by atoms with E-state index in [-0.39, 0.29) is 0 Å². The quantitative estimate of drug-likeness (QED) is 0.845. The zero-order valence-electron chi connectivity index (χ0n) is 11.2. The largest absolute Gasteiger partial charge is 0.384 e. The lowest BCUT2D eigenvalue weighted by Gasteiger charge is -2.33. The van der Waals surface area contributed by atoms with Gasteiger partial charge in [-0.25, -0.2) is 0 Å². The van der Waals surface area contributed by atoms with Crippen molar-refractivity contribution < 1.29 is 0 Å². The summed E-state index contributed by atoms with van der Waals surface area (Å²) in [7, 11) is 0. The van der Waals surface area contributed by atoms with Crippen LogP contribution in [0.3, 0.4) is 0 Å². The highest BCUT2D eigenvalue weighted by Gasteiger charge is 2.17. The van der Waals surface area contributed by atoms with Crippen LogP contribution < -0.4 is 10.6 Å². The van der Waals surface area contributed by atoms with Crippen LogP contribution in [0, 0.1) is 0 Å². The zero-order valence-corrected chi connectivity index (χ0v) is 11.2. The Morgan fingerprint density at radius 3 is 2.89 bits per heavy atom. The van der Waals surface area contributed by atoms with Gasteiger partial charge in [-0.05, 0) is 37.0 Å². The molecule has 0 radical (unpaired) electrons. The number of nitrogens with zero attached hydrogens (tertiary/aromatic N) is 1. The van der Waals surface area contributed by atoms with Gasteiger partial charge in [-0.1, -0.05) is 12.1 Å². The van der Waals surface area contributed by atoms with E-state index in [2.05, 4.69) is 40.7 Å². The van der Waals surface area contributed by atoms with E-state index in [1.807, 2.05) is 0 Å². The Bertz CT molecular complexity index is 410. The molecule has 1 fully saturated rings. The number of nitrogens with one attached hydrogen (secondary N) is 2. The van der Waals surface area contributed by atoms with Gasteiger partial charge >= 0.3 is 0 Å². The molecule has 2 N–H and O–H groups in total. The second-order valence-electron chi connectivity index (χ2n) is 5.51. The molecular formula is C15H23N3. The van der Waals surface area contributed by atoms with E-state index in [1.54, 1.807) is 0 Å². The molecular weight excluding hydrogens is 222 g/mol. The summed E-state index contributed by atoms with van der Waals surface area (Å²) in [5.41, 5.74) is 4.33. The molecule has 3 nitrogen and oxygen atoms in total. The fraction of sp³-hybridized carbons (Fsp3) is 0.600. The van der Waals surface area contributed by atoms with E-state index >= 15 is 0 Å². The third-order valence-electron chi connectivity index (χ3n) is 4.19. The summed E-state index contributed by atoms with van der Waals surface area (Å²) < 4.78 is 0. The van der Waals surface area contributed by atoms with Crippen LogP contribution in [0.15, 0.2) is 18.2 Å². The van der Waals surface area contributed by atoms with Crippen LogP contribution in [0.25, 0.3) is 0 Å². The van der Waals surface area contributed by atoms with E-state index in [9.17, 15) is 0 Å². The minimum Gasteiger partial charge on any atom is -0.384 e. The highest BCUT2D eigenvalue weighted by Crippen LogP contribution is 2.24. The van der Waals surface area contributed by atoms with Crippen molar-refractivity contribution in [1.82, 2.24) is 10.2 Å². The molecule has 0 aromatic heterocycles.